The Hall–Kier alpha value is -1.24. The van der Waals surface area contributed by atoms with Gasteiger partial charge in [-0.15, -0.1) is 0 Å². The monoisotopic (exact) mass is 321 g/mol. The highest BCUT2D eigenvalue weighted by Gasteiger charge is 2.68. The second kappa shape index (κ2) is 5.69. The highest BCUT2D eigenvalue weighted by molar-refractivity contribution is 6.47. The molecule has 0 radical (unpaired) electrons. The number of methoxy groups -OCH3 is 1. The van der Waals surface area contributed by atoms with Gasteiger partial charge in [-0.2, -0.15) is 0 Å². The average Bonchev–Trinajstić information content (AvgIpc) is 2.87. The molecule has 126 valence electrons. The number of hydrogen-bond donors (Lipinski definition) is 0. The summed E-state index contributed by atoms with van der Waals surface area (Å²) >= 11 is 0. The molecular weight excluding hydrogens is 297 g/mol. The smallest absolute Gasteiger partial charge is 0.466 e. The number of carbonyl (C=O) groups excluding carboxylic acids is 1. The molecule has 0 amide bonds. The van der Waals surface area contributed by atoms with Gasteiger partial charge in [0.25, 0.3) is 0 Å². The Morgan fingerprint density at radius 1 is 1.48 bits per heavy atom. The van der Waals surface area contributed by atoms with Gasteiger partial charge in [0.05, 0.1) is 24.8 Å². The first-order valence-corrected chi connectivity index (χ1v) is 8.27. The van der Waals surface area contributed by atoms with Gasteiger partial charge >= 0.3 is 13.1 Å². The van der Waals surface area contributed by atoms with Gasteiger partial charge in [-0.05, 0) is 49.0 Å². The largest absolute Gasteiger partial charge is 0.469 e. The van der Waals surface area contributed by atoms with Gasteiger partial charge < -0.3 is 14.0 Å². The van der Waals surface area contributed by atoms with Crippen LogP contribution in [0.2, 0.25) is 0 Å². The Balaban J connectivity index is 1.72. The Morgan fingerprint density at radius 2 is 2.22 bits per heavy atom. The number of hydrogen-bond acceptors (Lipinski definition) is 5. The third-order valence-corrected chi connectivity index (χ3v) is 6.35. The van der Waals surface area contributed by atoms with Crippen LogP contribution in [0.25, 0.3) is 10.4 Å². The zero-order valence-electron chi connectivity index (χ0n) is 14.2. The number of azide groups is 1. The van der Waals surface area contributed by atoms with Crippen molar-refractivity contribution in [2.45, 2.75) is 64.1 Å². The van der Waals surface area contributed by atoms with E-state index in [0.717, 1.165) is 6.42 Å². The zero-order chi connectivity index (χ0) is 16.8. The second-order valence-electron chi connectivity index (χ2n) is 7.72. The molecule has 3 saturated carbocycles. The summed E-state index contributed by atoms with van der Waals surface area (Å²) in [7, 11) is 0.763. The predicted molar refractivity (Wildman–Crippen MR) is 84.3 cm³/mol. The number of carbonyl (C=O) groups is 1. The van der Waals surface area contributed by atoms with Crippen molar-refractivity contribution in [1.29, 1.82) is 0 Å². The first-order valence-electron chi connectivity index (χ1n) is 8.27. The molecule has 0 spiro atoms. The lowest BCUT2D eigenvalue weighted by molar-refractivity contribution is -0.199. The molecule has 2 bridgehead atoms. The van der Waals surface area contributed by atoms with E-state index in [4.69, 9.17) is 14.8 Å². The fourth-order valence-electron chi connectivity index (χ4n) is 4.75. The second-order valence-corrected chi connectivity index (χ2v) is 7.72. The fourth-order valence-corrected chi connectivity index (χ4v) is 4.75. The minimum Gasteiger partial charge on any atom is -0.469 e. The van der Waals surface area contributed by atoms with Crippen LogP contribution in [-0.2, 0) is 18.8 Å². The van der Waals surface area contributed by atoms with Gasteiger partial charge in [-0.1, -0.05) is 19.0 Å². The molecule has 2 unspecified atom stereocenters. The summed E-state index contributed by atoms with van der Waals surface area (Å²) in [5, 5.41) is 3.80. The van der Waals surface area contributed by atoms with E-state index in [1.54, 1.807) is 0 Å². The van der Waals surface area contributed by atoms with Crippen LogP contribution >= 0.6 is 0 Å². The summed E-state index contributed by atoms with van der Waals surface area (Å²) in [6.45, 7) is 6.71. The molecule has 0 aromatic rings. The highest BCUT2D eigenvalue weighted by atomic mass is 16.7. The van der Waals surface area contributed by atoms with Crippen molar-refractivity contribution in [2.24, 2.45) is 22.4 Å². The summed E-state index contributed by atoms with van der Waals surface area (Å²) in [5.41, 5.74) is 8.75. The maximum atomic E-state index is 11.4. The van der Waals surface area contributed by atoms with E-state index < -0.39 is 13.1 Å². The van der Waals surface area contributed by atoms with E-state index in [1.807, 2.05) is 0 Å². The third-order valence-electron chi connectivity index (χ3n) is 6.35. The van der Waals surface area contributed by atoms with Crippen molar-refractivity contribution in [3.05, 3.63) is 10.4 Å². The standard InChI is InChI=1S/C15H24BN3O4/c1-14(2)9-7-10(14)15(3)11(8-9)22-16(23-15)12(18-19-17)5-6-13(20)21-4/h9-12H,5-8H2,1-4H3/t9-,10?,11+,12?,15-/m0/s1. The lowest BCUT2D eigenvalue weighted by Gasteiger charge is -2.64. The number of esters is 1. The van der Waals surface area contributed by atoms with Crippen LogP contribution in [-0.4, -0.2) is 37.8 Å². The van der Waals surface area contributed by atoms with E-state index in [1.165, 1.54) is 13.5 Å². The molecule has 8 heteroatoms. The molecule has 23 heavy (non-hydrogen) atoms. The van der Waals surface area contributed by atoms with Crippen LogP contribution in [0.4, 0.5) is 0 Å². The molecule has 3 aliphatic carbocycles. The summed E-state index contributed by atoms with van der Waals surface area (Å²) in [6.07, 6.45) is 2.74. The minimum absolute atomic E-state index is 0.0406. The first kappa shape index (κ1) is 16.6. The lowest BCUT2D eigenvalue weighted by Crippen LogP contribution is -2.65. The van der Waals surface area contributed by atoms with E-state index >= 15 is 0 Å². The minimum atomic E-state index is -0.583. The van der Waals surface area contributed by atoms with Crippen LogP contribution in [0.5, 0.6) is 0 Å². The third kappa shape index (κ3) is 2.53. The van der Waals surface area contributed by atoms with Crippen LogP contribution in [0.1, 0.15) is 46.5 Å². The lowest BCUT2D eigenvalue weighted by atomic mass is 9.43. The van der Waals surface area contributed by atoms with Crippen LogP contribution in [0.3, 0.4) is 0 Å². The summed E-state index contributed by atoms with van der Waals surface area (Å²) < 4.78 is 17.0. The molecular formula is C15H24BN3O4. The van der Waals surface area contributed by atoms with Crippen molar-refractivity contribution in [1.82, 2.24) is 0 Å². The van der Waals surface area contributed by atoms with Gasteiger partial charge in [0.15, 0.2) is 0 Å². The maximum Gasteiger partial charge on any atom is 0.466 e. The van der Waals surface area contributed by atoms with E-state index in [0.29, 0.717) is 18.3 Å². The maximum absolute atomic E-state index is 11.4. The molecule has 1 aliphatic heterocycles. The first-order chi connectivity index (χ1) is 10.8. The zero-order valence-corrected chi connectivity index (χ0v) is 14.2. The fraction of sp³-hybridized carbons (Fsp3) is 0.933. The van der Waals surface area contributed by atoms with Gasteiger partial charge in [0.1, 0.15) is 0 Å². The molecule has 1 saturated heterocycles. The van der Waals surface area contributed by atoms with Crippen molar-refractivity contribution in [3.63, 3.8) is 0 Å². The SMILES string of the molecule is COC(=O)CCC(N=[N+]=[N-])B1O[C@@H]2C[C@@H]3CC(C3(C)C)[C@]2(C)O1. The molecule has 0 N–H and O–H groups in total. The number of ether oxygens (including phenoxy) is 1. The Kier molecular flexibility index (Phi) is 4.11. The summed E-state index contributed by atoms with van der Waals surface area (Å²) in [4.78, 5) is 14.3. The molecule has 4 aliphatic rings. The van der Waals surface area contributed by atoms with Gasteiger partial charge in [0.2, 0.25) is 0 Å². The van der Waals surface area contributed by atoms with Crippen molar-refractivity contribution >= 4 is 13.1 Å². The van der Waals surface area contributed by atoms with Crippen molar-refractivity contribution in [2.75, 3.05) is 7.11 Å². The summed E-state index contributed by atoms with van der Waals surface area (Å²) in [6, 6.07) is 0. The summed E-state index contributed by atoms with van der Waals surface area (Å²) in [5.74, 6) is 0.284. The van der Waals surface area contributed by atoms with Gasteiger partial charge in [-0.25, -0.2) is 0 Å². The van der Waals surface area contributed by atoms with Crippen LogP contribution in [0, 0.1) is 17.3 Å². The van der Waals surface area contributed by atoms with Gasteiger partial charge in [0, 0.05) is 11.3 Å². The number of nitrogens with zero attached hydrogens (tertiary/aromatic N) is 3. The Morgan fingerprint density at radius 3 is 2.83 bits per heavy atom. The Bertz CT molecular complexity index is 551. The predicted octanol–water partition coefficient (Wildman–Crippen LogP) is 2.89. The van der Waals surface area contributed by atoms with E-state index in [-0.39, 0.29) is 29.5 Å². The van der Waals surface area contributed by atoms with Crippen LogP contribution in [0.15, 0.2) is 5.11 Å². The molecule has 5 atom stereocenters. The van der Waals surface area contributed by atoms with Crippen molar-refractivity contribution in [3.8, 4) is 0 Å². The van der Waals surface area contributed by atoms with Crippen LogP contribution < -0.4 is 0 Å². The quantitative estimate of drug-likeness (QED) is 0.256. The topological polar surface area (TPSA) is 93.5 Å². The molecule has 0 aromatic carbocycles. The normalized spacial score (nSPS) is 38.1. The van der Waals surface area contributed by atoms with E-state index in [9.17, 15) is 4.79 Å². The Labute approximate surface area is 136 Å². The average molecular weight is 321 g/mol. The highest BCUT2D eigenvalue weighted by Crippen LogP contribution is 2.65. The number of rotatable bonds is 5. The molecule has 4 rings (SSSR count). The van der Waals surface area contributed by atoms with Gasteiger partial charge in [-0.3, -0.25) is 4.79 Å². The molecule has 0 aromatic heterocycles. The van der Waals surface area contributed by atoms with Crippen molar-refractivity contribution < 1.29 is 18.8 Å². The molecule has 7 nitrogen and oxygen atoms in total. The molecule has 4 fully saturated rings. The molecule has 1 heterocycles. The van der Waals surface area contributed by atoms with E-state index in [2.05, 4.69) is 35.5 Å².